The summed E-state index contributed by atoms with van der Waals surface area (Å²) < 4.78 is 0. The third-order valence-electron chi connectivity index (χ3n) is 2.92. The van der Waals surface area contributed by atoms with E-state index in [4.69, 9.17) is 12.2 Å². The average Bonchev–Trinajstić information content (AvgIpc) is 2.46. The summed E-state index contributed by atoms with van der Waals surface area (Å²) in [5, 5.41) is 3.28. The maximum Gasteiger partial charge on any atom is 0.106 e. The summed E-state index contributed by atoms with van der Waals surface area (Å²) in [6.45, 7) is 2.93. The molecule has 2 heteroatoms. The van der Waals surface area contributed by atoms with Crippen molar-refractivity contribution in [2.24, 2.45) is 0 Å². The van der Waals surface area contributed by atoms with E-state index in [1.54, 1.807) is 0 Å². The Bertz CT molecular complexity index is 502. The largest absolute Gasteiger partial charge is 0.372 e. The maximum absolute atomic E-state index is 5.39. The lowest BCUT2D eigenvalue weighted by Crippen LogP contribution is -2.21. The highest BCUT2D eigenvalue weighted by atomic mass is 32.1. The van der Waals surface area contributed by atoms with Crippen LogP contribution in [0.25, 0.3) is 0 Å². The molecule has 2 aromatic carbocycles. The van der Waals surface area contributed by atoms with E-state index < -0.39 is 0 Å². The second-order valence-corrected chi connectivity index (χ2v) is 4.63. The van der Waals surface area contributed by atoms with E-state index in [1.807, 2.05) is 18.2 Å². The number of rotatable bonds is 4. The highest BCUT2D eigenvalue weighted by Gasteiger charge is 2.00. The first-order valence-electron chi connectivity index (χ1n) is 6.20. The Labute approximate surface area is 114 Å². The van der Waals surface area contributed by atoms with Crippen LogP contribution >= 0.6 is 12.2 Å². The molecule has 0 saturated heterocycles. The highest BCUT2D eigenvalue weighted by Crippen LogP contribution is 2.06. The molecule has 18 heavy (non-hydrogen) atoms. The van der Waals surface area contributed by atoms with E-state index in [2.05, 4.69) is 48.6 Å². The number of benzene rings is 2. The molecule has 1 N–H and O–H groups in total. The molecule has 2 aromatic rings. The molecule has 0 atom stereocenters. The average molecular weight is 255 g/mol. The standard InChI is InChI=1S/C16H17NS/c1-2-13-8-10-15(11-9-13)16(18)17-12-14-6-4-3-5-7-14/h3-11H,2,12H2,1H3,(H,17,18). The normalized spacial score (nSPS) is 10.1. The van der Waals surface area contributed by atoms with Crippen molar-refractivity contribution in [2.45, 2.75) is 19.9 Å². The van der Waals surface area contributed by atoms with Crippen molar-refractivity contribution in [1.29, 1.82) is 0 Å². The minimum atomic E-state index is 0.773. The second-order valence-electron chi connectivity index (χ2n) is 4.22. The molecule has 0 saturated carbocycles. The molecule has 0 aliphatic carbocycles. The zero-order valence-electron chi connectivity index (χ0n) is 10.5. The van der Waals surface area contributed by atoms with Gasteiger partial charge in [-0.2, -0.15) is 0 Å². The number of nitrogens with one attached hydrogen (secondary N) is 1. The van der Waals surface area contributed by atoms with E-state index in [0.29, 0.717) is 0 Å². The van der Waals surface area contributed by atoms with Gasteiger partial charge >= 0.3 is 0 Å². The van der Waals surface area contributed by atoms with Gasteiger partial charge in [-0.25, -0.2) is 0 Å². The van der Waals surface area contributed by atoms with Crippen LogP contribution in [0.3, 0.4) is 0 Å². The fraction of sp³-hybridized carbons (Fsp3) is 0.188. The molecule has 1 nitrogen and oxygen atoms in total. The van der Waals surface area contributed by atoms with Crippen LogP contribution in [-0.4, -0.2) is 4.99 Å². The predicted molar refractivity (Wildman–Crippen MR) is 80.8 cm³/mol. The van der Waals surface area contributed by atoms with Gasteiger partial charge in [0.15, 0.2) is 0 Å². The van der Waals surface area contributed by atoms with Crippen LogP contribution < -0.4 is 5.32 Å². The topological polar surface area (TPSA) is 12.0 Å². The molecule has 92 valence electrons. The van der Waals surface area contributed by atoms with Gasteiger partial charge in [0.2, 0.25) is 0 Å². The molecule has 0 heterocycles. The van der Waals surface area contributed by atoms with Gasteiger partial charge in [0.05, 0.1) is 0 Å². The fourth-order valence-electron chi connectivity index (χ4n) is 1.77. The van der Waals surface area contributed by atoms with Crippen molar-refractivity contribution in [3.05, 3.63) is 71.3 Å². The van der Waals surface area contributed by atoms with Crippen LogP contribution in [0.1, 0.15) is 23.6 Å². The second kappa shape index (κ2) is 6.31. The minimum absolute atomic E-state index is 0.773. The van der Waals surface area contributed by atoms with Gasteiger partial charge in [-0.15, -0.1) is 0 Å². The van der Waals surface area contributed by atoms with Crippen LogP contribution in [0, 0.1) is 0 Å². The highest BCUT2D eigenvalue weighted by molar-refractivity contribution is 7.80. The van der Waals surface area contributed by atoms with Crippen molar-refractivity contribution >= 4 is 17.2 Å². The molecule has 0 aliphatic rings. The van der Waals surface area contributed by atoms with Crippen molar-refractivity contribution in [2.75, 3.05) is 0 Å². The third kappa shape index (κ3) is 3.41. The lowest BCUT2D eigenvalue weighted by atomic mass is 10.1. The Hall–Kier alpha value is -1.67. The van der Waals surface area contributed by atoms with E-state index in [1.165, 1.54) is 11.1 Å². The third-order valence-corrected chi connectivity index (χ3v) is 3.30. The Morgan fingerprint density at radius 3 is 2.22 bits per heavy atom. The van der Waals surface area contributed by atoms with Gasteiger partial charge in [-0.3, -0.25) is 0 Å². The molecule has 0 amide bonds. The Morgan fingerprint density at radius 1 is 0.944 bits per heavy atom. The van der Waals surface area contributed by atoms with Crippen molar-refractivity contribution in [3.8, 4) is 0 Å². The van der Waals surface area contributed by atoms with Gasteiger partial charge in [-0.05, 0) is 17.5 Å². The molecule has 0 spiro atoms. The quantitative estimate of drug-likeness (QED) is 0.836. The molecule has 0 unspecified atom stereocenters. The first-order chi connectivity index (χ1) is 8.79. The number of hydrogen-bond donors (Lipinski definition) is 1. The predicted octanol–water partition coefficient (Wildman–Crippen LogP) is 3.71. The van der Waals surface area contributed by atoms with Crippen LogP contribution in [0.15, 0.2) is 54.6 Å². The number of hydrogen-bond acceptors (Lipinski definition) is 1. The zero-order valence-corrected chi connectivity index (χ0v) is 11.3. The molecule has 0 radical (unpaired) electrons. The van der Waals surface area contributed by atoms with Gasteiger partial charge < -0.3 is 5.32 Å². The molecule has 2 rings (SSSR count). The molecule has 0 fully saturated rings. The smallest absolute Gasteiger partial charge is 0.106 e. The molecular formula is C16H17NS. The summed E-state index contributed by atoms with van der Waals surface area (Å²) in [5.41, 5.74) is 3.66. The first kappa shape index (κ1) is 12.8. The van der Waals surface area contributed by atoms with Gasteiger partial charge in [0.25, 0.3) is 0 Å². The SMILES string of the molecule is CCc1ccc(C(=S)NCc2ccccc2)cc1. The summed E-state index contributed by atoms with van der Waals surface area (Å²) >= 11 is 5.39. The van der Waals surface area contributed by atoms with Crippen LogP contribution in [0.5, 0.6) is 0 Å². The number of thiocarbonyl (C=S) groups is 1. The monoisotopic (exact) mass is 255 g/mol. The van der Waals surface area contributed by atoms with E-state index in [9.17, 15) is 0 Å². The van der Waals surface area contributed by atoms with Crippen molar-refractivity contribution in [3.63, 3.8) is 0 Å². The first-order valence-corrected chi connectivity index (χ1v) is 6.61. The summed E-state index contributed by atoms with van der Waals surface area (Å²) in [7, 11) is 0. The molecule has 0 aliphatic heterocycles. The lowest BCUT2D eigenvalue weighted by molar-refractivity contribution is 0.928. The van der Waals surface area contributed by atoms with Gasteiger partial charge in [0.1, 0.15) is 4.99 Å². The number of aryl methyl sites for hydroxylation is 1. The van der Waals surface area contributed by atoms with Gasteiger partial charge in [-0.1, -0.05) is 73.7 Å². The Balaban J connectivity index is 1.95. The van der Waals surface area contributed by atoms with E-state index in [-0.39, 0.29) is 0 Å². The van der Waals surface area contributed by atoms with Crippen LogP contribution in [0.2, 0.25) is 0 Å². The zero-order chi connectivity index (χ0) is 12.8. The summed E-state index contributed by atoms with van der Waals surface area (Å²) in [5.74, 6) is 0. The van der Waals surface area contributed by atoms with Crippen molar-refractivity contribution < 1.29 is 0 Å². The van der Waals surface area contributed by atoms with Crippen molar-refractivity contribution in [1.82, 2.24) is 5.32 Å². The summed E-state index contributed by atoms with van der Waals surface area (Å²) in [6, 6.07) is 18.7. The van der Waals surface area contributed by atoms with Crippen LogP contribution in [0.4, 0.5) is 0 Å². The van der Waals surface area contributed by atoms with E-state index in [0.717, 1.165) is 23.5 Å². The van der Waals surface area contributed by atoms with E-state index >= 15 is 0 Å². The van der Waals surface area contributed by atoms with Gasteiger partial charge in [0, 0.05) is 12.1 Å². The molecular weight excluding hydrogens is 238 g/mol. The maximum atomic E-state index is 5.39. The molecule has 0 aromatic heterocycles. The fourth-order valence-corrected chi connectivity index (χ4v) is 1.98. The Kier molecular flexibility index (Phi) is 4.48. The minimum Gasteiger partial charge on any atom is -0.372 e. The Morgan fingerprint density at radius 2 is 1.61 bits per heavy atom. The lowest BCUT2D eigenvalue weighted by Gasteiger charge is -2.08. The summed E-state index contributed by atoms with van der Waals surface area (Å²) in [6.07, 6.45) is 1.06. The summed E-state index contributed by atoms with van der Waals surface area (Å²) in [4.78, 5) is 0.807. The molecule has 0 bridgehead atoms. The van der Waals surface area contributed by atoms with Crippen LogP contribution in [-0.2, 0) is 13.0 Å².